The van der Waals surface area contributed by atoms with Crippen LogP contribution in [-0.2, 0) is 16.1 Å². The fraction of sp³-hybridized carbons (Fsp3) is 0.125. The lowest BCUT2D eigenvalue weighted by Crippen LogP contribution is -2.06. The molecular weight excluding hydrogens is 327 g/mol. The molecule has 2 aromatic rings. The molecule has 0 saturated carbocycles. The average molecular weight is 339 g/mol. The van der Waals surface area contributed by atoms with Crippen LogP contribution in [0.3, 0.4) is 0 Å². The molecule has 0 heterocycles. The Hall–Kier alpha value is -2.04. The molecule has 0 radical (unpaired) electrons. The molecule has 0 bridgehead atoms. The van der Waals surface area contributed by atoms with Gasteiger partial charge < -0.3 is 9.47 Å². The number of benzene rings is 2. The summed E-state index contributed by atoms with van der Waals surface area (Å²) in [6.07, 6.45) is 0. The van der Waals surface area contributed by atoms with Crippen LogP contribution in [0.15, 0.2) is 42.5 Å². The average Bonchev–Trinajstić information content (AvgIpc) is 2.52. The van der Waals surface area contributed by atoms with Crippen molar-refractivity contribution in [2.45, 2.75) is 6.61 Å². The molecule has 2 aromatic carbocycles. The lowest BCUT2D eigenvalue weighted by Gasteiger charge is -2.07. The molecule has 0 N–H and O–H groups in total. The molecule has 0 amide bonds. The zero-order valence-electron chi connectivity index (χ0n) is 11.6. The number of carbonyl (C=O) groups excluding carboxylic acids is 2. The van der Waals surface area contributed by atoms with Gasteiger partial charge in [0.15, 0.2) is 0 Å². The zero-order chi connectivity index (χ0) is 16.1. The summed E-state index contributed by atoms with van der Waals surface area (Å²) in [5.74, 6) is -0.963. The van der Waals surface area contributed by atoms with Crippen LogP contribution in [0.1, 0.15) is 26.3 Å². The summed E-state index contributed by atoms with van der Waals surface area (Å²) < 4.78 is 9.78. The molecule has 0 aliphatic heterocycles. The van der Waals surface area contributed by atoms with E-state index in [2.05, 4.69) is 4.74 Å². The van der Waals surface area contributed by atoms with Crippen LogP contribution in [0, 0.1) is 0 Å². The minimum atomic E-state index is -0.543. The molecule has 4 nitrogen and oxygen atoms in total. The Labute approximate surface area is 137 Å². The number of carbonyl (C=O) groups is 2. The van der Waals surface area contributed by atoms with Gasteiger partial charge in [-0.15, -0.1) is 0 Å². The lowest BCUT2D eigenvalue weighted by molar-refractivity contribution is 0.0471. The first-order chi connectivity index (χ1) is 10.5. The van der Waals surface area contributed by atoms with Crippen molar-refractivity contribution in [2.75, 3.05) is 7.11 Å². The van der Waals surface area contributed by atoms with E-state index in [1.165, 1.54) is 19.2 Å². The maximum atomic E-state index is 11.9. The molecule has 0 aromatic heterocycles. The van der Waals surface area contributed by atoms with E-state index in [4.69, 9.17) is 27.9 Å². The lowest BCUT2D eigenvalue weighted by atomic mass is 10.1. The van der Waals surface area contributed by atoms with Crippen LogP contribution >= 0.6 is 23.2 Å². The highest BCUT2D eigenvalue weighted by Crippen LogP contribution is 2.22. The highest BCUT2D eigenvalue weighted by molar-refractivity contribution is 6.36. The summed E-state index contributed by atoms with van der Waals surface area (Å²) in [5.41, 5.74) is 1.42. The third-order valence-corrected chi connectivity index (χ3v) is 3.44. The van der Waals surface area contributed by atoms with Gasteiger partial charge >= 0.3 is 11.9 Å². The van der Waals surface area contributed by atoms with Crippen molar-refractivity contribution in [1.29, 1.82) is 0 Å². The molecule has 114 valence electrons. The van der Waals surface area contributed by atoms with Crippen LogP contribution in [0.5, 0.6) is 0 Å². The largest absolute Gasteiger partial charge is 0.465 e. The maximum Gasteiger partial charge on any atom is 0.339 e. The zero-order valence-corrected chi connectivity index (χ0v) is 13.1. The third-order valence-electron chi connectivity index (χ3n) is 2.90. The summed E-state index contributed by atoms with van der Waals surface area (Å²) in [6.45, 7) is 0.0687. The van der Waals surface area contributed by atoms with E-state index in [9.17, 15) is 9.59 Å². The molecule has 0 saturated heterocycles. The number of hydrogen-bond donors (Lipinski definition) is 0. The predicted octanol–water partition coefficient (Wildman–Crippen LogP) is 4.14. The summed E-state index contributed by atoms with van der Waals surface area (Å²) in [4.78, 5) is 23.3. The van der Waals surface area contributed by atoms with Crippen molar-refractivity contribution in [3.63, 3.8) is 0 Å². The Morgan fingerprint density at radius 1 is 1.00 bits per heavy atom. The van der Waals surface area contributed by atoms with E-state index in [0.717, 1.165) is 5.56 Å². The van der Waals surface area contributed by atoms with Crippen molar-refractivity contribution >= 4 is 35.1 Å². The topological polar surface area (TPSA) is 52.6 Å². The van der Waals surface area contributed by atoms with Gasteiger partial charge in [0.1, 0.15) is 6.61 Å². The van der Waals surface area contributed by atoms with E-state index in [-0.39, 0.29) is 17.2 Å². The Kier molecular flexibility index (Phi) is 5.41. The Bertz CT molecular complexity index is 696. The summed E-state index contributed by atoms with van der Waals surface area (Å²) >= 11 is 11.7. The van der Waals surface area contributed by atoms with Crippen LogP contribution < -0.4 is 0 Å². The summed E-state index contributed by atoms with van der Waals surface area (Å²) in [5, 5.41) is 0.679. The molecule has 0 aliphatic carbocycles. The van der Waals surface area contributed by atoms with Gasteiger partial charge in [-0.25, -0.2) is 9.59 Å². The Balaban J connectivity index is 2.00. The predicted molar refractivity (Wildman–Crippen MR) is 83.4 cm³/mol. The minimum Gasteiger partial charge on any atom is -0.465 e. The molecular formula is C16H12Cl2O4. The van der Waals surface area contributed by atoms with Gasteiger partial charge in [0.25, 0.3) is 0 Å². The fourth-order valence-electron chi connectivity index (χ4n) is 1.74. The number of ether oxygens (including phenoxy) is 2. The first-order valence-electron chi connectivity index (χ1n) is 6.30. The smallest absolute Gasteiger partial charge is 0.339 e. The molecule has 0 spiro atoms. The van der Waals surface area contributed by atoms with Crippen LogP contribution in [0.25, 0.3) is 0 Å². The molecule has 0 fully saturated rings. The fourth-order valence-corrected chi connectivity index (χ4v) is 2.22. The number of methoxy groups -OCH3 is 1. The van der Waals surface area contributed by atoms with E-state index in [1.54, 1.807) is 30.3 Å². The van der Waals surface area contributed by atoms with Crippen LogP contribution in [0.2, 0.25) is 10.0 Å². The monoisotopic (exact) mass is 338 g/mol. The quantitative estimate of drug-likeness (QED) is 0.786. The highest BCUT2D eigenvalue weighted by atomic mass is 35.5. The van der Waals surface area contributed by atoms with Crippen molar-refractivity contribution < 1.29 is 19.1 Å². The molecule has 0 atom stereocenters. The second-order valence-electron chi connectivity index (χ2n) is 4.39. The number of hydrogen-bond acceptors (Lipinski definition) is 4. The maximum absolute atomic E-state index is 11.9. The number of halogens is 2. The normalized spacial score (nSPS) is 10.1. The van der Waals surface area contributed by atoms with Gasteiger partial charge in [-0.3, -0.25) is 0 Å². The van der Waals surface area contributed by atoms with E-state index < -0.39 is 11.9 Å². The second kappa shape index (κ2) is 7.29. The Morgan fingerprint density at radius 2 is 1.68 bits per heavy atom. The first kappa shape index (κ1) is 16.3. The van der Waals surface area contributed by atoms with Crippen molar-refractivity contribution in [3.05, 3.63) is 69.2 Å². The number of esters is 2. The van der Waals surface area contributed by atoms with Gasteiger partial charge in [0.2, 0.25) is 0 Å². The first-order valence-corrected chi connectivity index (χ1v) is 7.06. The molecule has 6 heteroatoms. The minimum absolute atomic E-state index is 0.0687. The summed E-state index contributed by atoms with van der Waals surface area (Å²) in [7, 11) is 1.31. The summed E-state index contributed by atoms with van der Waals surface area (Å²) in [6, 6.07) is 11.1. The second-order valence-corrected chi connectivity index (χ2v) is 5.23. The van der Waals surface area contributed by atoms with Crippen LogP contribution in [0.4, 0.5) is 0 Å². The van der Waals surface area contributed by atoms with Crippen molar-refractivity contribution in [1.82, 2.24) is 0 Å². The van der Waals surface area contributed by atoms with E-state index >= 15 is 0 Å². The molecule has 22 heavy (non-hydrogen) atoms. The van der Waals surface area contributed by atoms with Crippen molar-refractivity contribution in [3.8, 4) is 0 Å². The molecule has 0 aliphatic rings. The Morgan fingerprint density at radius 3 is 2.27 bits per heavy atom. The van der Waals surface area contributed by atoms with Gasteiger partial charge in [-0.05, 0) is 35.9 Å². The van der Waals surface area contributed by atoms with Gasteiger partial charge in [-0.2, -0.15) is 0 Å². The van der Waals surface area contributed by atoms with E-state index in [0.29, 0.717) is 10.6 Å². The highest BCUT2D eigenvalue weighted by Gasteiger charge is 2.12. The molecule has 2 rings (SSSR count). The van der Waals surface area contributed by atoms with Crippen molar-refractivity contribution in [2.24, 2.45) is 0 Å². The SMILES string of the molecule is COC(=O)c1ccc(COC(=O)c2ccc(Cl)cc2Cl)cc1. The van der Waals surface area contributed by atoms with Gasteiger partial charge in [0.05, 0.1) is 23.3 Å². The standard InChI is InChI=1S/C16H12Cl2O4/c1-21-15(19)11-4-2-10(3-5-11)9-22-16(20)13-7-6-12(17)8-14(13)18/h2-8H,9H2,1H3. The van der Waals surface area contributed by atoms with Gasteiger partial charge in [0, 0.05) is 5.02 Å². The van der Waals surface area contributed by atoms with E-state index in [1.807, 2.05) is 0 Å². The third kappa shape index (κ3) is 4.00. The van der Waals surface area contributed by atoms with Crippen LogP contribution in [-0.4, -0.2) is 19.0 Å². The molecule has 0 unspecified atom stereocenters. The number of rotatable bonds is 4. The van der Waals surface area contributed by atoms with Gasteiger partial charge in [-0.1, -0.05) is 35.3 Å².